The zero-order valence-corrected chi connectivity index (χ0v) is 14.9. The van der Waals surface area contributed by atoms with Crippen LogP contribution in [0.2, 0.25) is 0 Å². The fourth-order valence-corrected chi connectivity index (χ4v) is 3.75. The average molecular weight is 370 g/mol. The number of halogens is 3. The number of carbonyl (C=O) groups is 1. The van der Waals surface area contributed by atoms with Gasteiger partial charge < -0.3 is 4.90 Å². The molecule has 2 aromatic rings. The van der Waals surface area contributed by atoms with Gasteiger partial charge in [-0.3, -0.25) is 14.7 Å². The van der Waals surface area contributed by atoms with Gasteiger partial charge in [-0.1, -0.05) is 6.92 Å². The molecular weight excluding hydrogens is 349 g/mol. The van der Waals surface area contributed by atoms with E-state index in [4.69, 9.17) is 0 Å². The molecule has 9 heteroatoms. The molecule has 3 heterocycles. The van der Waals surface area contributed by atoms with Crippen LogP contribution in [0.4, 0.5) is 13.2 Å². The van der Waals surface area contributed by atoms with Crippen LogP contribution >= 0.6 is 0 Å². The highest BCUT2D eigenvalue weighted by Crippen LogP contribution is 2.40. The number of rotatable bonds is 4. The maximum absolute atomic E-state index is 12.6. The monoisotopic (exact) mass is 370 g/mol. The third kappa shape index (κ3) is 3.61. The summed E-state index contributed by atoms with van der Waals surface area (Å²) < 4.78 is 39.2. The van der Waals surface area contributed by atoms with Crippen molar-refractivity contribution < 1.29 is 18.0 Å². The Morgan fingerprint density at radius 2 is 2.00 bits per heavy atom. The smallest absolute Gasteiger partial charge is 0.341 e. The van der Waals surface area contributed by atoms with Gasteiger partial charge in [0.2, 0.25) is 5.91 Å². The first-order valence-corrected chi connectivity index (χ1v) is 8.40. The Bertz CT molecular complexity index is 907. The molecule has 0 bridgehead atoms. The van der Waals surface area contributed by atoms with Crippen LogP contribution in [-0.4, -0.2) is 44.7 Å². The van der Waals surface area contributed by atoms with E-state index in [0.29, 0.717) is 12.1 Å². The summed E-state index contributed by atoms with van der Waals surface area (Å²) >= 11 is 0. The van der Waals surface area contributed by atoms with Crippen molar-refractivity contribution in [2.45, 2.75) is 46.2 Å². The number of hydrogen-bond donors (Lipinski definition) is 1. The van der Waals surface area contributed by atoms with E-state index in [0.717, 1.165) is 17.0 Å². The molecule has 1 fully saturated rings. The second kappa shape index (κ2) is 6.14. The molecular formula is C17H21F3N4O2. The number of aryl methyl sites for hydroxylation is 2. The highest BCUT2D eigenvalue weighted by Gasteiger charge is 2.48. The molecule has 1 aliphatic rings. The number of hydrogen-bond acceptors (Lipinski definition) is 3. The summed E-state index contributed by atoms with van der Waals surface area (Å²) in [5, 5.41) is 2.66. The number of fused-ring (bicyclic) bond motifs is 1. The highest BCUT2D eigenvalue weighted by atomic mass is 19.4. The van der Waals surface area contributed by atoms with Gasteiger partial charge in [-0.25, -0.2) is 9.50 Å². The molecule has 0 radical (unpaired) electrons. The topological polar surface area (TPSA) is 70.5 Å². The summed E-state index contributed by atoms with van der Waals surface area (Å²) in [5.74, 6) is -0.162. The molecule has 0 aromatic carbocycles. The summed E-state index contributed by atoms with van der Waals surface area (Å²) in [6, 6.07) is 1.40. The van der Waals surface area contributed by atoms with E-state index in [9.17, 15) is 22.8 Å². The van der Waals surface area contributed by atoms with E-state index in [1.165, 1.54) is 11.0 Å². The van der Waals surface area contributed by atoms with E-state index >= 15 is 0 Å². The van der Waals surface area contributed by atoms with Crippen LogP contribution in [0.1, 0.15) is 36.7 Å². The average Bonchev–Trinajstić information content (AvgIpc) is 2.83. The lowest BCUT2D eigenvalue weighted by Gasteiger charge is -2.48. The van der Waals surface area contributed by atoms with Crippen molar-refractivity contribution in [3.8, 4) is 0 Å². The minimum Gasteiger partial charge on any atom is -0.341 e. The number of aromatic amines is 1. The molecule has 0 aliphatic carbocycles. The van der Waals surface area contributed by atoms with Gasteiger partial charge in [0.25, 0.3) is 5.56 Å². The van der Waals surface area contributed by atoms with Crippen LogP contribution in [0.15, 0.2) is 10.9 Å². The van der Waals surface area contributed by atoms with Crippen molar-refractivity contribution in [1.29, 1.82) is 0 Å². The standard InChI is InChI=1S/C17H21F3N4O2/c1-10-12(11(2)24-13(21-10)6-14(25)22-24)4-5-15(26)23-8-16(3,9-23)7-17(18,19)20/h6H,4-5,7-9H2,1-3H3,(H,22,25). The normalized spacial score (nSPS) is 16.8. The van der Waals surface area contributed by atoms with Crippen molar-refractivity contribution >= 4 is 11.6 Å². The molecule has 0 spiro atoms. The van der Waals surface area contributed by atoms with Gasteiger partial charge in [-0.15, -0.1) is 0 Å². The van der Waals surface area contributed by atoms with E-state index in [1.54, 1.807) is 11.4 Å². The third-order valence-electron chi connectivity index (χ3n) is 4.92. The highest BCUT2D eigenvalue weighted by molar-refractivity contribution is 5.77. The molecule has 142 valence electrons. The van der Waals surface area contributed by atoms with Gasteiger partial charge in [-0.2, -0.15) is 13.2 Å². The lowest BCUT2D eigenvalue weighted by atomic mass is 9.78. The Hall–Kier alpha value is -2.32. The quantitative estimate of drug-likeness (QED) is 0.898. The minimum absolute atomic E-state index is 0.130. The van der Waals surface area contributed by atoms with Crippen molar-refractivity contribution in [2.75, 3.05) is 13.1 Å². The molecule has 1 amide bonds. The van der Waals surface area contributed by atoms with Crippen molar-refractivity contribution in [3.05, 3.63) is 33.4 Å². The molecule has 3 rings (SSSR count). The zero-order valence-electron chi connectivity index (χ0n) is 14.9. The maximum atomic E-state index is 12.6. The number of likely N-dealkylation sites (tertiary alicyclic amines) is 1. The van der Waals surface area contributed by atoms with Gasteiger partial charge >= 0.3 is 6.18 Å². The van der Waals surface area contributed by atoms with E-state index in [-0.39, 0.29) is 31.0 Å². The minimum atomic E-state index is -4.22. The van der Waals surface area contributed by atoms with Crippen LogP contribution in [0.3, 0.4) is 0 Å². The number of aromatic nitrogens is 3. The second-order valence-electron chi connectivity index (χ2n) is 7.43. The third-order valence-corrected chi connectivity index (χ3v) is 4.92. The molecule has 2 aromatic heterocycles. The SMILES string of the molecule is Cc1nc2cc(=O)[nH]n2c(C)c1CCC(=O)N1CC(C)(CC(F)(F)F)C1. The molecule has 0 atom stereocenters. The Balaban J connectivity index is 1.64. The van der Waals surface area contributed by atoms with Crippen LogP contribution in [0.5, 0.6) is 0 Å². The number of carbonyl (C=O) groups excluding carboxylic acids is 1. The zero-order chi connectivity index (χ0) is 19.3. The Morgan fingerprint density at radius 1 is 1.35 bits per heavy atom. The summed E-state index contributed by atoms with van der Waals surface area (Å²) in [6.07, 6.45) is -4.47. The van der Waals surface area contributed by atoms with Crippen LogP contribution < -0.4 is 5.56 Å². The molecule has 6 nitrogen and oxygen atoms in total. The van der Waals surface area contributed by atoms with Gasteiger partial charge in [0, 0.05) is 42.4 Å². The molecule has 0 unspecified atom stereocenters. The molecule has 1 saturated heterocycles. The molecule has 0 saturated carbocycles. The fourth-order valence-electron chi connectivity index (χ4n) is 3.75. The van der Waals surface area contributed by atoms with Crippen molar-refractivity contribution in [1.82, 2.24) is 19.5 Å². The first-order chi connectivity index (χ1) is 12.0. The van der Waals surface area contributed by atoms with E-state index < -0.39 is 18.0 Å². The van der Waals surface area contributed by atoms with Gasteiger partial charge in [0.1, 0.15) is 0 Å². The predicted molar refractivity (Wildman–Crippen MR) is 89.0 cm³/mol. The summed E-state index contributed by atoms with van der Waals surface area (Å²) in [7, 11) is 0. The predicted octanol–water partition coefficient (Wildman–Crippen LogP) is 2.37. The number of H-pyrrole nitrogens is 1. The van der Waals surface area contributed by atoms with Gasteiger partial charge in [0.05, 0.1) is 6.42 Å². The van der Waals surface area contributed by atoms with Crippen LogP contribution in [0, 0.1) is 19.3 Å². The van der Waals surface area contributed by atoms with Crippen LogP contribution in [0.25, 0.3) is 5.65 Å². The first-order valence-electron chi connectivity index (χ1n) is 8.40. The van der Waals surface area contributed by atoms with Gasteiger partial charge in [-0.05, 0) is 25.8 Å². The summed E-state index contributed by atoms with van der Waals surface area (Å²) in [6.45, 7) is 5.46. The lowest BCUT2D eigenvalue weighted by molar-refractivity contribution is -0.182. The maximum Gasteiger partial charge on any atom is 0.389 e. The lowest BCUT2D eigenvalue weighted by Crippen LogP contribution is -2.58. The molecule has 26 heavy (non-hydrogen) atoms. The van der Waals surface area contributed by atoms with Crippen molar-refractivity contribution in [3.63, 3.8) is 0 Å². The summed E-state index contributed by atoms with van der Waals surface area (Å²) in [4.78, 5) is 29.6. The fraction of sp³-hybridized carbons (Fsp3) is 0.588. The summed E-state index contributed by atoms with van der Waals surface area (Å²) in [5.41, 5.74) is 1.78. The van der Waals surface area contributed by atoms with Crippen molar-refractivity contribution in [2.24, 2.45) is 5.41 Å². The van der Waals surface area contributed by atoms with E-state index in [2.05, 4.69) is 10.1 Å². The Labute approximate surface area is 148 Å². The van der Waals surface area contributed by atoms with Crippen LogP contribution in [-0.2, 0) is 11.2 Å². The number of nitrogens with one attached hydrogen (secondary N) is 1. The number of nitrogens with zero attached hydrogens (tertiary/aromatic N) is 3. The number of alkyl halides is 3. The van der Waals surface area contributed by atoms with Gasteiger partial charge in [0.15, 0.2) is 5.65 Å². The Morgan fingerprint density at radius 3 is 2.62 bits per heavy atom. The first kappa shape index (κ1) is 18.5. The number of amides is 1. The largest absolute Gasteiger partial charge is 0.389 e. The molecule has 1 aliphatic heterocycles. The van der Waals surface area contributed by atoms with E-state index in [1.807, 2.05) is 13.8 Å². The Kier molecular flexibility index (Phi) is 4.36. The molecule has 1 N–H and O–H groups in total. The second-order valence-corrected chi connectivity index (χ2v) is 7.43.